The predicted octanol–water partition coefficient (Wildman–Crippen LogP) is 10.3. The molecule has 1 aliphatic carbocycles. The molecule has 1 saturated carbocycles. The molecule has 0 amide bonds. The first kappa shape index (κ1) is 47.1. The lowest BCUT2D eigenvalue weighted by atomic mass is 9.77. The molecule has 1 fully saturated rings. The number of esters is 1. The molecule has 2 rings (SSSR count). The minimum atomic E-state index is -4.74. The minimum Gasteiger partial charge on any atom is -0.508 e. The van der Waals surface area contributed by atoms with Crippen molar-refractivity contribution in [3.05, 3.63) is 29.8 Å². The molecule has 0 aliphatic heterocycles. The Bertz CT molecular complexity index is 866. The minimum absolute atomic E-state index is 0. The summed E-state index contributed by atoms with van der Waals surface area (Å²) in [5.41, 5.74) is -2.69. The second-order valence-electron chi connectivity index (χ2n) is 12.6. The normalized spacial score (nSPS) is 18.7. The van der Waals surface area contributed by atoms with Crippen LogP contribution in [0, 0.1) is 11.3 Å². The monoisotopic (exact) mass is 610 g/mol. The van der Waals surface area contributed by atoms with Gasteiger partial charge in [0.25, 0.3) is 0 Å². The van der Waals surface area contributed by atoms with Crippen LogP contribution in [0.15, 0.2) is 24.3 Å². The van der Waals surface area contributed by atoms with E-state index in [9.17, 15) is 23.1 Å². The molecule has 0 saturated heterocycles. The highest BCUT2D eigenvalue weighted by atomic mass is 19.4. The Labute approximate surface area is 256 Å². The Morgan fingerprint density at radius 2 is 1.29 bits per heavy atom. The lowest BCUT2D eigenvalue weighted by molar-refractivity contribution is -0.278. The Hall–Kier alpha value is -1.80. The van der Waals surface area contributed by atoms with Gasteiger partial charge >= 0.3 is 12.1 Å². The molecule has 0 spiro atoms. The highest BCUT2D eigenvalue weighted by Gasteiger charge is 2.51. The van der Waals surface area contributed by atoms with Crippen molar-refractivity contribution in [1.82, 2.24) is 0 Å². The maximum Gasteiger partial charge on any atom is 0.419 e. The van der Waals surface area contributed by atoms with Crippen molar-refractivity contribution in [2.45, 2.75) is 159 Å². The van der Waals surface area contributed by atoms with Crippen LogP contribution in [0.25, 0.3) is 0 Å². The summed E-state index contributed by atoms with van der Waals surface area (Å²) in [6, 6.07) is 7.46. The number of halogens is 3. The zero-order valence-electron chi connectivity index (χ0n) is 24.7. The van der Waals surface area contributed by atoms with Crippen LogP contribution in [-0.4, -0.2) is 46.3 Å². The molecule has 0 aromatic heterocycles. The number of ether oxygens (including phenoxy) is 2. The van der Waals surface area contributed by atoms with Crippen molar-refractivity contribution >= 4 is 5.97 Å². The van der Waals surface area contributed by atoms with E-state index in [1.165, 1.54) is 5.56 Å². The molecule has 42 heavy (non-hydrogen) atoms. The average Bonchev–Trinajstić information content (AvgIpc) is 2.83. The van der Waals surface area contributed by atoms with Crippen LogP contribution in [0.4, 0.5) is 13.2 Å². The van der Waals surface area contributed by atoms with E-state index in [1.807, 2.05) is 32.9 Å². The molecular weight excluding hydrogens is 545 g/mol. The van der Waals surface area contributed by atoms with E-state index in [-0.39, 0.29) is 53.1 Å². The Morgan fingerprint density at radius 1 is 0.833 bits per heavy atom. The topological polar surface area (TPSA) is 76.0 Å². The highest BCUT2D eigenvalue weighted by Crippen LogP contribution is 2.39. The third-order valence-electron chi connectivity index (χ3n) is 8.24. The number of carbonyl (C=O) groups is 1. The van der Waals surface area contributed by atoms with Gasteiger partial charge in [0.05, 0.1) is 17.6 Å². The molecule has 0 radical (unpaired) electrons. The summed E-state index contributed by atoms with van der Waals surface area (Å²) in [5, 5.41) is 18.6. The van der Waals surface area contributed by atoms with Gasteiger partial charge in [-0.3, -0.25) is 4.79 Å². The molecule has 2 N–H and O–H groups in total. The summed E-state index contributed by atoms with van der Waals surface area (Å²) in [5.74, 6) is 0.173. The van der Waals surface area contributed by atoms with E-state index in [0.29, 0.717) is 37.9 Å². The van der Waals surface area contributed by atoms with Gasteiger partial charge in [-0.05, 0) is 102 Å². The van der Waals surface area contributed by atoms with Crippen molar-refractivity contribution in [1.29, 1.82) is 0 Å². The summed E-state index contributed by atoms with van der Waals surface area (Å²) in [6.07, 6.45) is -0.354. The first-order chi connectivity index (χ1) is 17.2. The molecule has 0 heterocycles. The first-order valence-electron chi connectivity index (χ1n) is 13.6. The van der Waals surface area contributed by atoms with E-state index < -0.39 is 29.4 Å². The molecule has 0 bridgehead atoms. The maximum absolute atomic E-state index is 12.8. The Morgan fingerprint density at radius 3 is 1.67 bits per heavy atom. The van der Waals surface area contributed by atoms with Gasteiger partial charge in [0.15, 0.2) is 5.60 Å². The van der Waals surface area contributed by atoms with Crippen LogP contribution >= 0.6 is 0 Å². The van der Waals surface area contributed by atoms with Crippen molar-refractivity contribution in [2.75, 3.05) is 6.61 Å². The Kier molecular flexibility index (Phi) is 20.3. The zero-order valence-corrected chi connectivity index (χ0v) is 24.7. The van der Waals surface area contributed by atoms with Crippen molar-refractivity contribution in [2.24, 2.45) is 11.3 Å². The molecule has 1 aliphatic rings. The highest BCUT2D eigenvalue weighted by molar-refractivity contribution is 5.76. The summed E-state index contributed by atoms with van der Waals surface area (Å²) in [4.78, 5) is 12.2. The molecule has 8 heteroatoms. The van der Waals surface area contributed by atoms with Crippen molar-refractivity contribution in [3.8, 4) is 5.75 Å². The van der Waals surface area contributed by atoms with Gasteiger partial charge in [-0.1, -0.05) is 69.5 Å². The van der Waals surface area contributed by atoms with Gasteiger partial charge in [-0.2, -0.15) is 13.2 Å². The van der Waals surface area contributed by atoms with Gasteiger partial charge in [0.2, 0.25) is 0 Å². The average molecular weight is 611 g/mol. The number of phenolic OH excluding ortho intramolecular Hbond substituents is 1. The van der Waals surface area contributed by atoms with Crippen LogP contribution in [0.2, 0.25) is 0 Å². The van der Waals surface area contributed by atoms with Gasteiger partial charge in [0.1, 0.15) is 11.9 Å². The molecule has 252 valence electrons. The third-order valence-corrected chi connectivity index (χ3v) is 8.24. The lowest BCUT2D eigenvalue weighted by Gasteiger charge is -2.41. The summed E-state index contributed by atoms with van der Waals surface area (Å²) in [7, 11) is 0. The fourth-order valence-electron chi connectivity index (χ4n) is 3.97. The van der Waals surface area contributed by atoms with Crippen LogP contribution in [0.5, 0.6) is 5.75 Å². The van der Waals surface area contributed by atoms with E-state index in [2.05, 4.69) is 20.8 Å². The maximum atomic E-state index is 12.8. The summed E-state index contributed by atoms with van der Waals surface area (Å²) < 4.78 is 49.4. The molecule has 1 aromatic rings. The predicted molar refractivity (Wildman–Crippen MR) is 171 cm³/mol. The largest absolute Gasteiger partial charge is 0.508 e. The number of hydrogen-bond donors (Lipinski definition) is 2. The second-order valence-corrected chi connectivity index (χ2v) is 12.6. The fraction of sp³-hybridized carbons (Fsp3) is 0.794. The molecule has 1 unspecified atom stereocenters. The van der Waals surface area contributed by atoms with E-state index in [4.69, 9.17) is 14.6 Å². The first-order valence-corrected chi connectivity index (χ1v) is 13.6. The number of rotatable bonds is 9. The van der Waals surface area contributed by atoms with Crippen LogP contribution < -0.4 is 0 Å². The number of benzene rings is 1. The number of phenols is 1. The zero-order chi connectivity index (χ0) is 29.6. The van der Waals surface area contributed by atoms with Crippen molar-refractivity contribution < 1.29 is 37.7 Å². The smallest absolute Gasteiger partial charge is 0.419 e. The number of aromatic hydroxyl groups is 1. The van der Waals surface area contributed by atoms with E-state index in [0.717, 1.165) is 13.3 Å². The molecular formula is C34H65F3O5. The van der Waals surface area contributed by atoms with E-state index >= 15 is 0 Å². The van der Waals surface area contributed by atoms with Gasteiger partial charge in [0, 0.05) is 0 Å². The molecule has 1 atom stereocenters. The molecule has 1 aromatic carbocycles. The summed E-state index contributed by atoms with van der Waals surface area (Å²) in [6.45, 7) is 15.6. The van der Waals surface area contributed by atoms with Crippen LogP contribution in [0.1, 0.15) is 136 Å². The number of hydrogen-bond acceptors (Lipinski definition) is 5. The number of aliphatic hydroxyl groups is 1. The fourth-order valence-corrected chi connectivity index (χ4v) is 3.97. The lowest BCUT2D eigenvalue weighted by Crippen LogP contribution is -2.50. The van der Waals surface area contributed by atoms with Gasteiger partial charge in [-0.15, -0.1) is 0 Å². The van der Waals surface area contributed by atoms with Crippen molar-refractivity contribution in [3.63, 3.8) is 0 Å². The molecule has 5 nitrogen and oxygen atoms in total. The Balaban J connectivity index is -0.000000385. The quantitative estimate of drug-likeness (QED) is 0.272. The second kappa shape index (κ2) is 18.1. The number of carbonyl (C=O) groups excluding carboxylic acids is 1. The standard InChI is InChI=1S/C19H33F3O4.C11H16O.4CH4/c1-7-16(2,3)15(23)26-14-10-8-13(9-11-14)17(4,5)25-12-18(6,24)19(20,21)22;1-4-11(2,3)9-5-7-10(12)8-6-9;;;;/h13-14,24H,7-12H2,1-6H3;5-8,12H,4H2,1-3H3;4*1H4. The van der Waals surface area contributed by atoms with Gasteiger partial charge < -0.3 is 19.7 Å². The van der Waals surface area contributed by atoms with E-state index in [1.54, 1.807) is 26.0 Å². The summed E-state index contributed by atoms with van der Waals surface area (Å²) >= 11 is 0. The van der Waals surface area contributed by atoms with Crippen LogP contribution in [0.3, 0.4) is 0 Å². The number of alkyl halides is 3. The van der Waals surface area contributed by atoms with Crippen LogP contribution in [-0.2, 0) is 19.7 Å². The third kappa shape index (κ3) is 13.7. The van der Waals surface area contributed by atoms with Gasteiger partial charge in [-0.25, -0.2) is 0 Å². The SMILES string of the molecule is C.C.C.C.CCC(C)(C)C(=O)OC1CCC(C(C)(C)OCC(C)(O)C(F)(F)F)CC1.CCC(C)(C)c1ccc(O)cc1.